The van der Waals surface area contributed by atoms with Gasteiger partial charge in [0, 0.05) is 18.8 Å². The fourth-order valence-corrected chi connectivity index (χ4v) is 3.33. The van der Waals surface area contributed by atoms with Gasteiger partial charge in [0.2, 0.25) is 0 Å². The standard InChI is InChI=1S/C10H12O5S2/c1-7(11)14-5-9-3-4-10(17(13)16-9)6-15-8(2)12/h3-4H,5-6H2,1-2H3. The predicted octanol–water partition coefficient (Wildman–Crippen LogP) is 1.29. The summed E-state index contributed by atoms with van der Waals surface area (Å²) in [4.78, 5) is 22.4. The Kier molecular flexibility index (Phi) is 5.43. The van der Waals surface area contributed by atoms with Crippen LogP contribution in [-0.2, 0) is 28.9 Å². The third kappa shape index (κ3) is 5.18. The van der Waals surface area contributed by atoms with Crippen molar-refractivity contribution in [1.82, 2.24) is 0 Å². The summed E-state index contributed by atoms with van der Waals surface area (Å²) in [6.45, 7) is 2.74. The SMILES string of the molecule is CC(=O)OCC1=CC=C(COC(C)=O)S(=O)S1. The summed E-state index contributed by atoms with van der Waals surface area (Å²) in [5.41, 5.74) is 0. The van der Waals surface area contributed by atoms with E-state index in [2.05, 4.69) is 0 Å². The van der Waals surface area contributed by atoms with Gasteiger partial charge in [0.15, 0.2) is 0 Å². The number of hydrogen-bond acceptors (Lipinski definition) is 6. The third-order valence-electron chi connectivity index (χ3n) is 1.69. The summed E-state index contributed by atoms with van der Waals surface area (Å²) in [5, 5.41) is 0. The molecule has 1 aliphatic heterocycles. The number of allylic oxidation sites excluding steroid dienone is 2. The molecule has 1 unspecified atom stereocenters. The van der Waals surface area contributed by atoms with Crippen LogP contribution in [0.4, 0.5) is 0 Å². The Bertz CT molecular complexity index is 411. The molecule has 1 aliphatic rings. The minimum atomic E-state index is -1.30. The quantitative estimate of drug-likeness (QED) is 0.569. The Morgan fingerprint density at radius 2 is 1.76 bits per heavy atom. The van der Waals surface area contributed by atoms with Gasteiger partial charge in [-0.15, -0.1) is 0 Å². The molecule has 7 heteroatoms. The fourth-order valence-electron chi connectivity index (χ4n) is 0.934. The van der Waals surface area contributed by atoms with Crippen LogP contribution in [0.1, 0.15) is 13.8 Å². The van der Waals surface area contributed by atoms with Gasteiger partial charge in [-0.2, -0.15) is 0 Å². The zero-order chi connectivity index (χ0) is 12.8. The molecule has 0 amide bonds. The summed E-state index contributed by atoms with van der Waals surface area (Å²) in [5.74, 6) is -0.797. The highest BCUT2D eigenvalue weighted by atomic mass is 33.1. The van der Waals surface area contributed by atoms with E-state index in [1.54, 1.807) is 12.2 Å². The van der Waals surface area contributed by atoms with Crippen LogP contribution in [0.5, 0.6) is 0 Å². The Labute approximate surface area is 105 Å². The summed E-state index contributed by atoms with van der Waals surface area (Å²) >= 11 is 0. The zero-order valence-corrected chi connectivity index (χ0v) is 11.1. The first-order valence-electron chi connectivity index (χ1n) is 4.75. The summed E-state index contributed by atoms with van der Waals surface area (Å²) in [7, 11) is -0.214. The van der Waals surface area contributed by atoms with Crippen LogP contribution in [0.2, 0.25) is 0 Å². The Morgan fingerprint density at radius 1 is 1.18 bits per heavy atom. The van der Waals surface area contributed by atoms with Crippen LogP contribution < -0.4 is 0 Å². The summed E-state index contributed by atoms with van der Waals surface area (Å²) in [6.07, 6.45) is 3.32. The summed E-state index contributed by atoms with van der Waals surface area (Å²) < 4.78 is 21.2. The maximum Gasteiger partial charge on any atom is 0.302 e. The van der Waals surface area contributed by atoms with Crippen LogP contribution in [0, 0.1) is 0 Å². The second-order valence-electron chi connectivity index (χ2n) is 3.14. The molecule has 1 atom stereocenters. The maximum absolute atomic E-state index is 11.7. The molecule has 0 N–H and O–H groups in total. The molecule has 1 heterocycles. The topological polar surface area (TPSA) is 69.7 Å². The molecule has 0 saturated heterocycles. The molecule has 0 aliphatic carbocycles. The molecule has 0 aromatic rings. The molecule has 0 fully saturated rings. The average molecular weight is 276 g/mol. The van der Waals surface area contributed by atoms with E-state index < -0.39 is 15.8 Å². The van der Waals surface area contributed by atoms with E-state index >= 15 is 0 Å². The number of carbonyl (C=O) groups is 2. The van der Waals surface area contributed by atoms with Crippen molar-refractivity contribution in [2.75, 3.05) is 13.2 Å². The van der Waals surface area contributed by atoms with Crippen LogP contribution in [-0.4, -0.2) is 29.4 Å². The van der Waals surface area contributed by atoms with Crippen molar-refractivity contribution in [3.05, 3.63) is 22.0 Å². The van der Waals surface area contributed by atoms with E-state index in [0.717, 1.165) is 10.8 Å². The Balaban J connectivity index is 2.55. The molecule has 0 bridgehead atoms. The zero-order valence-electron chi connectivity index (χ0n) is 9.43. The smallest absolute Gasteiger partial charge is 0.302 e. The van der Waals surface area contributed by atoms with Gasteiger partial charge in [0.05, 0.1) is 4.91 Å². The fraction of sp³-hybridized carbons (Fsp3) is 0.400. The lowest BCUT2D eigenvalue weighted by Gasteiger charge is -2.13. The van der Waals surface area contributed by atoms with Crippen molar-refractivity contribution in [3.8, 4) is 0 Å². The number of esters is 2. The molecule has 0 aromatic carbocycles. The van der Waals surface area contributed by atoms with Gasteiger partial charge in [-0.25, -0.2) is 4.21 Å². The average Bonchev–Trinajstić information content (AvgIpc) is 2.24. The third-order valence-corrected chi connectivity index (χ3v) is 4.73. The van der Waals surface area contributed by atoms with E-state index in [4.69, 9.17) is 9.47 Å². The largest absolute Gasteiger partial charge is 0.460 e. The summed E-state index contributed by atoms with van der Waals surface area (Å²) in [6, 6.07) is 0. The lowest BCUT2D eigenvalue weighted by Crippen LogP contribution is -2.09. The van der Waals surface area contributed by atoms with E-state index in [-0.39, 0.29) is 19.2 Å². The number of ether oxygens (including phenoxy) is 2. The first-order valence-corrected chi connectivity index (χ1v) is 7.24. The first-order chi connectivity index (χ1) is 7.99. The van der Waals surface area contributed by atoms with Crippen molar-refractivity contribution in [2.45, 2.75) is 13.8 Å². The van der Waals surface area contributed by atoms with E-state index in [9.17, 15) is 13.8 Å². The monoisotopic (exact) mass is 276 g/mol. The molecular weight excluding hydrogens is 264 g/mol. The minimum Gasteiger partial charge on any atom is -0.460 e. The van der Waals surface area contributed by atoms with Gasteiger partial charge in [-0.05, 0) is 22.9 Å². The molecule has 0 spiro atoms. The van der Waals surface area contributed by atoms with Gasteiger partial charge in [-0.1, -0.05) is 0 Å². The van der Waals surface area contributed by atoms with Crippen LogP contribution in [0.15, 0.2) is 22.0 Å². The predicted molar refractivity (Wildman–Crippen MR) is 65.2 cm³/mol. The van der Waals surface area contributed by atoms with Crippen molar-refractivity contribution < 1.29 is 23.3 Å². The van der Waals surface area contributed by atoms with Crippen molar-refractivity contribution in [2.24, 2.45) is 0 Å². The van der Waals surface area contributed by atoms with Gasteiger partial charge < -0.3 is 9.47 Å². The normalized spacial score (nSPS) is 19.1. The van der Waals surface area contributed by atoms with Crippen molar-refractivity contribution >= 4 is 32.6 Å². The second kappa shape index (κ2) is 6.61. The number of hydrogen-bond donors (Lipinski definition) is 0. The molecule has 5 nitrogen and oxygen atoms in total. The highest BCUT2D eigenvalue weighted by Gasteiger charge is 2.17. The molecule has 0 radical (unpaired) electrons. The highest BCUT2D eigenvalue weighted by Crippen LogP contribution is 2.30. The van der Waals surface area contributed by atoms with Crippen LogP contribution >= 0.6 is 10.8 Å². The van der Waals surface area contributed by atoms with Gasteiger partial charge in [0.25, 0.3) is 0 Å². The first kappa shape index (κ1) is 14.0. The van der Waals surface area contributed by atoms with E-state index in [0.29, 0.717) is 9.81 Å². The molecule has 0 saturated carbocycles. The minimum absolute atomic E-state index is 0.0201. The lowest BCUT2D eigenvalue weighted by molar-refractivity contribution is -0.140. The molecular formula is C10H12O5S2. The van der Waals surface area contributed by atoms with Gasteiger partial charge in [-0.3, -0.25) is 9.59 Å². The Morgan fingerprint density at radius 3 is 2.29 bits per heavy atom. The van der Waals surface area contributed by atoms with Crippen molar-refractivity contribution in [1.29, 1.82) is 0 Å². The molecule has 94 valence electrons. The van der Waals surface area contributed by atoms with Crippen LogP contribution in [0.3, 0.4) is 0 Å². The molecule has 17 heavy (non-hydrogen) atoms. The number of rotatable bonds is 4. The van der Waals surface area contributed by atoms with Gasteiger partial charge >= 0.3 is 11.9 Å². The number of carbonyl (C=O) groups excluding carboxylic acids is 2. The van der Waals surface area contributed by atoms with Crippen molar-refractivity contribution in [3.63, 3.8) is 0 Å². The highest BCUT2D eigenvalue weighted by molar-refractivity contribution is 8.72. The molecule has 0 aromatic heterocycles. The van der Waals surface area contributed by atoms with E-state index in [1.165, 1.54) is 13.8 Å². The lowest BCUT2D eigenvalue weighted by atomic mass is 10.4. The molecule has 1 rings (SSSR count). The second-order valence-corrected chi connectivity index (χ2v) is 6.24. The van der Waals surface area contributed by atoms with E-state index in [1.807, 2.05) is 0 Å². The van der Waals surface area contributed by atoms with Gasteiger partial charge in [0.1, 0.15) is 23.0 Å². The van der Waals surface area contributed by atoms with Crippen LogP contribution in [0.25, 0.3) is 0 Å². The Hall–Kier alpha value is -1.08. The maximum atomic E-state index is 11.7.